The second-order valence-electron chi connectivity index (χ2n) is 12.8. The number of anilines is 2. The van der Waals surface area contributed by atoms with Crippen LogP contribution < -0.4 is 11.1 Å². The number of likely N-dealkylation sites (N-methyl/N-ethyl adjacent to an activating group) is 1. The van der Waals surface area contributed by atoms with Gasteiger partial charge in [0, 0.05) is 83.7 Å². The van der Waals surface area contributed by atoms with Gasteiger partial charge >= 0.3 is 12.2 Å². The average molecular weight is 654 g/mol. The quantitative estimate of drug-likeness (QED) is 0.467. The Morgan fingerprint density at radius 1 is 0.978 bits per heavy atom. The Balaban J connectivity index is 1.13. The molecule has 2 aromatic carbocycles. The lowest BCUT2D eigenvalue weighted by Gasteiger charge is -2.44. The van der Waals surface area contributed by atoms with E-state index in [4.69, 9.17) is 26.8 Å². The lowest BCUT2D eigenvalue weighted by molar-refractivity contribution is -0.146. The van der Waals surface area contributed by atoms with Gasteiger partial charge < -0.3 is 29.9 Å². The molecule has 1 spiro atoms. The number of nitrogens with two attached hydrogens (primary N) is 1. The van der Waals surface area contributed by atoms with E-state index in [-0.39, 0.29) is 12.3 Å². The summed E-state index contributed by atoms with van der Waals surface area (Å²) in [5, 5.41) is 7.92. The second kappa shape index (κ2) is 13.6. The summed E-state index contributed by atoms with van der Waals surface area (Å²) in [6, 6.07) is 11.2. The van der Waals surface area contributed by atoms with Crippen molar-refractivity contribution in [3.63, 3.8) is 0 Å². The SMILES string of the molecule is Cc1cc(C[C@@H](OC(=O)N2CCC3(CC2)OC(=O)Nc2ccccc23)C(=O)N2CCN(N3CCCN(C)CC3)CC2)cc(Cl)c1N. The fraction of sp³-hybridized carbons (Fsp3) is 0.545. The number of hydrazine groups is 1. The topological polar surface area (TPSA) is 124 Å². The molecule has 4 aliphatic heterocycles. The molecule has 1 atom stereocenters. The van der Waals surface area contributed by atoms with E-state index in [0.29, 0.717) is 49.7 Å². The molecule has 6 rings (SSSR count). The van der Waals surface area contributed by atoms with E-state index >= 15 is 0 Å². The van der Waals surface area contributed by atoms with Gasteiger partial charge in [0.2, 0.25) is 0 Å². The summed E-state index contributed by atoms with van der Waals surface area (Å²) >= 11 is 6.40. The predicted molar refractivity (Wildman–Crippen MR) is 175 cm³/mol. The fourth-order valence-corrected chi connectivity index (χ4v) is 7.32. The number of carbonyl (C=O) groups excluding carboxylic acids is 3. The van der Waals surface area contributed by atoms with Gasteiger partial charge in [0.25, 0.3) is 5.91 Å². The number of hydrogen-bond donors (Lipinski definition) is 2. The van der Waals surface area contributed by atoms with Crippen LogP contribution in [0.2, 0.25) is 5.02 Å². The third-order valence-corrected chi connectivity index (χ3v) is 10.1. The number of halogens is 1. The van der Waals surface area contributed by atoms with Crippen molar-refractivity contribution in [3.8, 4) is 0 Å². The zero-order valence-corrected chi connectivity index (χ0v) is 27.4. The summed E-state index contributed by atoms with van der Waals surface area (Å²) < 4.78 is 11.9. The number of fused-ring (bicyclic) bond motifs is 2. The highest BCUT2D eigenvalue weighted by molar-refractivity contribution is 6.33. The molecule has 3 N–H and O–H groups in total. The van der Waals surface area contributed by atoms with Crippen molar-refractivity contribution < 1.29 is 23.9 Å². The van der Waals surface area contributed by atoms with Crippen LogP contribution in [-0.2, 0) is 26.3 Å². The first-order chi connectivity index (χ1) is 22.1. The molecular formula is C33H44ClN7O5. The third kappa shape index (κ3) is 6.90. The lowest BCUT2D eigenvalue weighted by Crippen LogP contribution is -2.57. The summed E-state index contributed by atoms with van der Waals surface area (Å²) in [7, 11) is 2.15. The second-order valence-corrected chi connectivity index (χ2v) is 13.2. The summed E-state index contributed by atoms with van der Waals surface area (Å²) in [5.74, 6) is -0.219. The minimum absolute atomic E-state index is 0.179. The molecular weight excluding hydrogens is 610 g/mol. The van der Waals surface area contributed by atoms with Crippen molar-refractivity contribution in [1.82, 2.24) is 24.7 Å². The molecule has 0 aliphatic carbocycles. The van der Waals surface area contributed by atoms with E-state index in [2.05, 4.69) is 27.3 Å². The van der Waals surface area contributed by atoms with Crippen LogP contribution in [0.25, 0.3) is 0 Å². The first-order valence-corrected chi connectivity index (χ1v) is 16.6. The smallest absolute Gasteiger partial charge is 0.412 e. The van der Waals surface area contributed by atoms with Crippen LogP contribution in [0.15, 0.2) is 36.4 Å². The highest BCUT2D eigenvalue weighted by Crippen LogP contribution is 2.43. The summed E-state index contributed by atoms with van der Waals surface area (Å²) in [4.78, 5) is 45.8. The van der Waals surface area contributed by atoms with Crippen LogP contribution in [0, 0.1) is 6.92 Å². The summed E-state index contributed by atoms with van der Waals surface area (Å²) in [6.07, 6.45) is 0.0455. The van der Waals surface area contributed by atoms with Crippen molar-refractivity contribution in [2.45, 2.75) is 44.3 Å². The lowest BCUT2D eigenvalue weighted by atomic mass is 9.82. The maximum Gasteiger partial charge on any atom is 0.412 e. The summed E-state index contributed by atoms with van der Waals surface area (Å²) in [5.41, 5.74) is 8.95. The van der Waals surface area contributed by atoms with Crippen molar-refractivity contribution in [3.05, 3.63) is 58.1 Å². The zero-order valence-electron chi connectivity index (χ0n) is 26.7. The number of hydrogen-bond acceptors (Lipinski definition) is 9. The van der Waals surface area contributed by atoms with Crippen molar-refractivity contribution >= 4 is 41.1 Å². The number of piperidine rings is 1. The maximum absolute atomic E-state index is 14.0. The number of nitrogens with zero attached hydrogens (tertiary/aromatic N) is 5. The Hall–Kier alpha value is -3.58. The van der Waals surface area contributed by atoms with Crippen LogP contribution in [0.5, 0.6) is 0 Å². The zero-order chi connectivity index (χ0) is 32.4. The van der Waals surface area contributed by atoms with E-state index in [1.165, 1.54) is 0 Å². The molecule has 3 amide bonds. The van der Waals surface area contributed by atoms with Crippen LogP contribution in [-0.4, -0.2) is 121 Å². The molecule has 46 heavy (non-hydrogen) atoms. The van der Waals surface area contributed by atoms with Gasteiger partial charge in [-0.2, -0.15) is 0 Å². The molecule has 4 aliphatic rings. The van der Waals surface area contributed by atoms with Crippen molar-refractivity contribution in [2.24, 2.45) is 0 Å². The Labute approximate surface area is 275 Å². The molecule has 0 radical (unpaired) electrons. The number of nitrogen functional groups attached to an aromatic ring is 1. The largest absolute Gasteiger partial charge is 0.438 e. The van der Waals surface area contributed by atoms with Crippen LogP contribution in [0.3, 0.4) is 0 Å². The maximum atomic E-state index is 14.0. The Kier molecular flexibility index (Phi) is 9.60. The molecule has 2 aromatic rings. The van der Waals surface area contributed by atoms with E-state index in [0.717, 1.165) is 68.1 Å². The number of likely N-dealkylation sites (tertiary alicyclic amines) is 1. The number of rotatable bonds is 5. The number of piperazine rings is 1. The van der Waals surface area contributed by atoms with Crippen molar-refractivity contribution in [2.75, 3.05) is 83.5 Å². The van der Waals surface area contributed by atoms with Gasteiger partial charge in [0.1, 0.15) is 5.60 Å². The highest BCUT2D eigenvalue weighted by atomic mass is 35.5. The predicted octanol–water partition coefficient (Wildman–Crippen LogP) is 3.53. The number of nitrogens with one attached hydrogen (secondary N) is 1. The van der Waals surface area contributed by atoms with Gasteiger partial charge in [-0.05, 0) is 50.2 Å². The third-order valence-electron chi connectivity index (χ3n) is 9.77. The Morgan fingerprint density at radius 2 is 1.67 bits per heavy atom. The van der Waals surface area contributed by atoms with Crippen molar-refractivity contribution in [1.29, 1.82) is 0 Å². The first kappa shape index (κ1) is 32.4. The molecule has 0 saturated carbocycles. The van der Waals surface area contributed by atoms with Gasteiger partial charge in [0.15, 0.2) is 6.10 Å². The minimum Gasteiger partial charge on any atom is -0.438 e. The van der Waals surface area contributed by atoms with E-state index in [9.17, 15) is 14.4 Å². The van der Waals surface area contributed by atoms with Gasteiger partial charge in [-0.1, -0.05) is 35.9 Å². The molecule has 0 bridgehead atoms. The Bertz CT molecular complexity index is 1430. The molecule has 12 nitrogen and oxygen atoms in total. The van der Waals surface area contributed by atoms with Gasteiger partial charge in [-0.3, -0.25) is 10.1 Å². The molecule has 4 heterocycles. The molecule has 13 heteroatoms. The number of ether oxygens (including phenoxy) is 2. The van der Waals surface area contributed by atoms with Gasteiger partial charge in [-0.15, -0.1) is 0 Å². The average Bonchev–Trinajstić information content (AvgIpc) is 3.27. The van der Waals surface area contributed by atoms with Gasteiger partial charge in [-0.25, -0.2) is 19.6 Å². The molecule has 248 valence electrons. The standard InChI is InChI=1S/C33H44ClN7O5/c1-23-20-24(21-26(34)29(23)35)22-28(30(42)38-15-18-41(19-16-38)40-11-5-10-37(2)14-17-40)45-32(44)39-12-8-33(9-13-39)25-6-3-4-7-27(25)36-31(43)46-33/h3-4,6-7,20-21,28H,5,8-19,22,35H2,1-2H3,(H,36,43)/t28-/m1/s1. The fourth-order valence-electron chi connectivity index (χ4n) is 7.03. The normalized spacial score (nSPS) is 21.6. The Morgan fingerprint density at radius 3 is 2.41 bits per heavy atom. The first-order valence-electron chi connectivity index (χ1n) is 16.2. The number of carbonyl (C=O) groups is 3. The van der Waals surface area contributed by atoms with Crippen LogP contribution >= 0.6 is 11.6 Å². The van der Waals surface area contributed by atoms with Gasteiger partial charge in [0.05, 0.1) is 16.4 Å². The van der Waals surface area contributed by atoms with Crippen LogP contribution in [0.1, 0.15) is 36.0 Å². The monoisotopic (exact) mass is 653 g/mol. The number of amides is 3. The molecule has 0 unspecified atom stereocenters. The van der Waals surface area contributed by atoms with Crippen LogP contribution in [0.4, 0.5) is 21.0 Å². The number of benzene rings is 2. The molecule has 3 saturated heterocycles. The van der Waals surface area contributed by atoms with E-state index < -0.39 is 23.9 Å². The number of aryl methyl sites for hydroxylation is 1. The molecule has 0 aromatic heterocycles. The number of para-hydroxylation sites is 1. The van der Waals surface area contributed by atoms with E-state index in [1.54, 1.807) is 15.9 Å². The summed E-state index contributed by atoms with van der Waals surface area (Å²) in [6.45, 7) is 9.14. The minimum atomic E-state index is -1.03. The van der Waals surface area contributed by atoms with E-state index in [1.807, 2.05) is 37.3 Å². The molecule has 3 fully saturated rings. The highest BCUT2D eigenvalue weighted by Gasteiger charge is 2.45.